The van der Waals surface area contributed by atoms with Crippen LogP contribution < -0.4 is 21.4 Å². The summed E-state index contributed by atoms with van der Waals surface area (Å²) in [5.41, 5.74) is 3.35. The van der Waals surface area contributed by atoms with E-state index in [1.165, 1.54) is 44.3 Å². The number of hydrazine groups is 1. The molecular weight excluding hydrogens is 835 g/mol. The highest BCUT2D eigenvalue weighted by molar-refractivity contribution is 5.98. The number of ketones is 1. The monoisotopic (exact) mass is 892 g/mol. The first-order chi connectivity index (χ1) is 30.4. The lowest BCUT2D eigenvalue weighted by molar-refractivity contribution is -0.156. The molecule has 0 saturated carbocycles. The van der Waals surface area contributed by atoms with Crippen molar-refractivity contribution in [2.45, 2.75) is 110 Å². The highest BCUT2D eigenvalue weighted by Gasteiger charge is 2.39. The Balaban J connectivity index is 1.72. The maximum absolute atomic E-state index is 14.5. The third-order valence-electron chi connectivity index (χ3n) is 10.9. The van der Waals surface area contributed by atoms with E-state index in [1.54, 1.807) is 57.2 Å². The van der Waals surface area contributed by atoms with Gasteiger partial charge in [0, 0.05) is 44.0 Å². The molecule has 3 heterocycles. The second-order valence-corrected chi connectivity index (χ2v) is 16.4. The minimum atomic E-state index is -1.53. The number of nitrogens with zero attached hydrogens (tertiary/aromatic N) is 2. The van der Waals surface area contributed by atoms with Gasteiger partial charge in [-0.25, -0.2) is 14.8 Å². The first-order valence-corrected chi connectivity index (χ1v) is 21.2. The number of aromatic hydroxyl groups is 1. The largest absolute Gasteiger partial charge is 0.505 e. The van der Waals surface area contributed by atoms with Crippen LogP contribution in [0.3, 0.4) is 0 Å². The fraction of sp³-hybridized carbons (Fsp3) is 0.457. The van der Waals surface area contributed by atoms with E-state index >= 15 is 0 Å². The average Bonchev–Trinajstić information content (AvgIpc) is 3.25. The van der Waals surface area contributed by atoms with Crippen molar-refractivity contribution in [2.24, 2.45) is 17.8 Å². The third kappa shape index (κ3) is 14.7. The van der Waals surface area contributed by atoms with Gasteiger partial charge in [-0.3, -0.25) is 29.0 Å². The van der Waals surface area contributed by atoms with Crippen LogP contribution in [0.4, 0.5) is 14.6 Å². The van der Waals surface area contributed by atoms with Gasteiger partial charge in [-0.1, -0.05) is 63.3 Å². The molecule has 1 aromatic carbocycles. The molecule has 2 bridgehead atoms. The van der Waals surface area contributed by atoms with Crippen molar-refractivity contribution in [2.75, 3.05) is 11.9 Å². The summed E-state index contributed by atoms with van der Waals surface area (Å²) in [6.07, 6.45) is 8.38. The number of aromatic nitrogens is 1. The van der Waals surface area contributed by atoms with E-state index in [-0.39, 0.29) is 43.6 Å². The summed E-state index contributed by atoms with van der Waals surface area (Å²) in [4.78, 5) is 84.8. The standard InChI is InChI=1S/C46H58F2N6O10/c1-26(2)41-44(61)50-34(24-30-23-32(47)40(48)36(57)25-30)45(62)54-22-12-14-33(53-54)46(63)64-37(27(3)13-11-18-39(58)51-38-17-9-10-21-49-38)16-8-6-7-15-35(56)29(5)42(59)31(43(60)52-41)20-19-28(4)55/h6-11,13,15,17-18,21,23,25-26,29,31,33-35,37,41-42,53,56-57,59H,12,14,16,19-20,22,24H2,1-5H3,(H,50,61)(H,52,60)(H,49,51,58)/b8-6+,15-7+,18-11+,27-13+/t29-,31+,33?,34-,35-,37-,41-,42+/m0/s1. The summed E-state index contributed by atoms with van der Waals surface area (Å²) >= 11 is 0. The van der Waals surface area contributed by atoms with Crippen LogP contribution in [0.15, 0.2) is 84.6 Å². The number of esters is 1. The zero-order valence-corrected chi connectivity index (χ0v) is 36.5. The highest BCUT2D eigenvalue weighted by Crippen LogP contribution is 2.25. The van der Waals surface area contributed by atoms with E-state index in [2.05, 4.69) is 26.4 Å². The van der Waals surface area contributed by atoms with Gasteiger partial charge >= 0.3 is 5.97 Å². The predicted molar refractivity (Wildman–Crippen MR) is 231 cm³/mol. The number of anilines is 1. The molecule has 7 N–H and O–H groups in total. The van der Waals surface area contributed by atoms with Crippen molar-refractivity contribution in [3.05, 3.63) is 102 Å². The first kappa shape index (κ1) is 50.5. The normalized spacial score (nSPS) is 26.8. The number of allylic oxidation sites excluding steroid dienone is 4. The fourth-order valence-corrected chi connectivity index (χ4v) is 7.11. The minimum Gasteiger partial charge on any atom is -0.505 e. The molecule has 4 rings (SSSR count). The number of aliphatic hydroxyl groups is 2. The average molecular weight is 893 g/mol. The quantitative estimate of drug-likeness (QED) is 0.103. The number of Topliss-reactive ketones (excluding diaryl/α,β-unsaturated/α-hetero) is 1. The highest BCUT2D eigenvalue weighted by atomic mass is 19.2. The topological polar surface area (TPSA) is 237 Å². The lowest BCUT2D eigenvalue weighted by atomic mass is 9.84. The van der Waals surface area contributed by atoms with E-state index in [0.717, 1.165) is 17.1 Å². The van der Waals surface area contributed by atoms with E-state index in [1.807, 2.05) is 0 Å². The number of cyclic esters (lactones) is 1. The van der Waals surface area contributed by atoms with Gasteiger partial charge in [0.25, 0.3) is 5.91 Å². The Morgan fingerprint density at radius 2 is 1.81 bits per heavy atom. The number of carbonyl (C=O) groups is 6. The Kier molecular flexibility index (Phi) is 19.0. The molecule has 1 unspecified atom stereocenters. The molecule has 0 aliphatic carbocycles. The number of hydrogen-bond acceptors (Lipinski definition) is 12. The molecule has 2 aliphatic heterocycles. The van der Waals surface area contributed by atoms with Crippen molar-refractivity contribution >= 4 is 41.2 Å². The molecule has 2 aromatic rings. The number of rotatable bonds is 10. The zero-order valence-electron chi connectivity index (χ0n) is 36.5. The molecule has 1 fully saturated rings. The number of amides is 4. The molecular formula is C46H58F2N6O10. The Morgan fingerprint density at radius 1 is 1.06 bits per heavy atom. The number of halogens is 2. The number of benzene rings is 1. The zero-order chi connectivity index (χ0) is 47.1. The van der Waals surface area contributed by atoms with Gasteiger partial charge in [-0.05, 0) is 74.4 Å². The number of nitrogens with one attached hydrogen (secondary N) is 4. The molecule has 16 nitrogen and oxygen atoms in total. The molecule has 0 spiro atoms. The van der Waals surface area contributed by atoms with Crippen molar-refractivity contribution in [3.8, 4) is 5.75 Å². The van der Waals surface area contributed by atoms with Crippen molar-refractivity contribution in [1.82, 2.24) is 26.1 Å². The summed E-state index contributed by atoms with van der Waals surface area (Å²) < 4.78 is 34.6. The molecule has 2 aliphatic rings. The number of ether oxygens (including phenoxy) is 1. The molecule has 1 saturated heterocycles. The summed E-state index contributed by atoms with van der Waals surface area (Å²) in [5, 5.41) is 41.6. The Hall–Kier alpha value is -6.11. The van der Waals surface area contributed by atoms with Gasteiger partial charge in [-0.15, -0.1) is 0 Å². The van der Waals surface area contributed by atoms with Crippen LogP contribution in [-0.2, 0) is 39.9 Å². The number of hydrogen-bond donors (Lipinski definition) is 7. The van der Waals surface area contributed by atoms with Gasteiger partial charge in [0.05, 0.1) is 18.1 Å². The number of phenolic OH excluding ortho intramolecular Hbond substituents is 1. The summed E-state index contributed by atoms with van der Waals surface area (Å²) in [5.74, 6) is -10.3. The molecule has 18 heteroatoms. The lowest BCUT2D eigenvalue weighted by Gasteiger charge is -2.36. The number of carbonyl (C=O) groups excluding carboxylic acids is 6. The molecule has 1 aromatic heterocycles. The van der Waals surface area contributed by atoms with Crippen LogP contribution >= 0.6 is 0 Å². The minimum absolute atomic E-state index is 0.0604. The Morgan fingerprint density at radius 3 is 2.48 bits per heavy atom. The third-order valence-corrected chi connectivity index (χ3v) is 10.9. The van der Waals surface area contributed by atoms with Gasteiger partial charge in [0.15, 0.2) is 17.4 Å². The number of aliphatic hydroxyl groups excluding tert-OH is 2. The van der Waals surface area contributed by atoms with E-state index in [0.29, 0.717) is 17.8 Å². The molecule has 4 amide bonds. The van der Waals surface area contributed by atoms with Crippen molar-refractivity contribution < 1.29 is 57.6 Å². The molecule has 346 valence electrons. The van der Waals surface area contributed by atoms with E-state index < -0.39 is 108 Å². The SMILES string of the molecule is CC(=O)CC[C@H]1C(=O)N[C@@H](C(C)C)C(=O)N[C@@H](Cc2cc(O)c(F)c(F)c2)C(=O)N2CCCC(N2)C(=O)O[C@H](/C(C)=C/C=C/C(=O)Nc2ccccn2)C/C=C/C=C/[C@H](O)[C@H](C)[C@H]1O. The maximum atomic E-state index is 14.5. The van der Waals surface area contributed by atoms with Gasteiger partial charge in [0.2, 0.25) is 17.7 Å². The predicted octanol–water partition coefficient (Wildman–Crippen LogP) is 3.64. The molecule has 0 radical (unpaired) electrons. The smallest absolute Gasteiger partial charge is 0.325 e. The van der Waals surface area contributed by atoms with Gasteiger partial charge < -0.3 is 40.8 Å². The van der Waals surface area contributed by atoms with Crippen LogP contribution in [0.1, 0.15) is 72.3 Å². The van der Waals surface area contributed by atoms with E-state index in [9.17, 15) is 52.9 Å². The Labute approximate surface area is 370 Å². The van der Waals surface area contributed by atoms with Crippen molar-refractivity contribution in [1.29, 1.82) is 0 Å². The van der Waals surface area contributed by atoms with Crippen molar-refractivity contribution in [3.63, 3.8) is 0 Å². The maximum Gasteiger partial charge on any atom is 0.325 e. The second kappa shape index (κ2) is 24.1. The van der Waals surface area contributed by atoms with Crippen LogP contribution in [0, 0.1) is 29.4 Å². The lowest BCUT2D eigenvalue weighted by Crippen LogP contribution is -2.62. The molecule has 64 heavy (non-hydrogen) atoms. The number of fused-ring (bicyclic) bond motifs is 2. The number of pyridine rings is 1. The number of phenols is 1. The van der Waals surface area contributed by atoms with Crippen LogP contribution in [0.25, 0.3) is 0 Å². The second-order valence-electron chi connectivity index (χ2n) is 16.4. The summed E-state index contributed by atoms with van der Waals surface area (Å²) in [7, 11) is 0. The van der Waals surface area contributed by atoms with E-state index in [4.69, 9.17) is 4.74 Å². The first-order valence-electron chi connectivity index (χ1n) is 21.2. The Bertz CT molecular complexity index is 2090. The van der Waals surface area contributed by atoms with Gasteiger partial charge in [-0.2, -0.15) is 4.39 Å². The fourth-order valence-electron chi connectivity index (χ4n) is 7.11. The van der Waals surface area contributed by atoms with Crippen LogP contribution in [-0.4, -0.2) is 104 Å². The van der Waals surface area contributed by atoms with Gasteiger partial charge in [0.1, 0.15) is 35.8 Å². The van der Waals surface area contributed by atoms with Crippen LogP contribution in [0.5, 0.6) is 5.75 Å². The summed E-state index contributed by atoms with van der Waals surface area (Å²) in [6.45, 7) is 7.83. The van der Waals surface area contributed by atoms with Crippen LogP contribution in [0.2, 0.25) is 0 Å². The summed E-state index contributed by atoms with van der Waals surface area (Å²) in [6, 6.07) is 2.80. The molecule has 8 atom stereocenters.